The molecule has 86 valence electrons. The summed E-state index contributed by atoms with van der Waals surface area (Å²) in [7, 11) is 3.89. The third-order valence-corrected chi connectivity index (χ3v) is 3.67. The van der Waals surface area contributed by atoms with Gasteiger partial charge in [-0.05, 0) is 24.9 Å². The third kappa shape index (κ3) is 5.66. The molecule has 0 radical (unpaired) electrons. The van der Waals surface area contributed by atoms with Gasteiger partial charge in [-0.1, -0.05) is 22.0 Å². The van der Waals surface area contributed by atoms with Crippen LogP contribution in [0.2, 0.25) is 0 Å². The van der Waals surface area contributed by atoms with E-state index in [9.17, 15) is 0 Å². The molecule has 0 saturated carbocycles. The molecule has 0 N–H and O–H groups in total. The number of methoxy groups -OCH3 is 1. The molecule has 0 fully saturated rings. The molecule has 1 aromatic heterocycles. The first-order valence-electron chi connectivity index (χ1n) is 5.06. The average Bonchev–Trinajstić information content (AvgIpc) is 2.67. The largest absolute Gasteiger partial charge is 0.383 e. The molecule has 0 amide bonds. The molecule has 1 heterocycles. The molecular weight excluding hydrogens is 274 g/mol. The van der Waals surface area contributed by atoms with Crippen LogP contribution in [-0.4, -0.2) is 43.6 Å². The van der Waals surface area contributed by atoms with Crippen molar-refractivity contribution in [2.75, 3.05) is 33.9 Å². The van der Waals surface area contributed by atoms with E-state index in [4.69, 9.17) is 4.74 Å². The van der Waals surface area contributed by atoms with Crippen LogP contribution in [0.1, 0.15) is 4.88 Å². The Kier molecular flexibility index (Phi) is 6.48. The van der Waals surface area contributed by atoms with Gasteiger partial charge < -0.3 is 9.64 Å². The Hall–Kier alpha value is 0.100. The van der Waals surface area contributed by atoms with Crippen molar-refractivity contribution < 1.29 is 4.74 Å². The van der Waals surface area contributed by atoms with Crippen molar-refractivity contribution in [3.63, 3.8) is 0 Å². The number of hydrogen-bond donors (Lipinski definition) is 0. The minimum Gasteiger partial charge on any atom is -0.383 e. The molecule has 0 spiro atoms. The van der Waals surface area contributed by atoms with Gasteiger partial charge in [0.05, 0.1) is 11.4 Å². The van der Waals surface area contributed by atoms with Crippen LogP contribution in [0.25, 0.3) is 0 Å². The number of likely N-dealkylation sites (N-methyl/N-ethyl adjacent to an activating group) is 1. The summed E-state index contributed by atoms with van der Waals surface area (Å²) in [6.45, 7) is 2.90. The Morgan fingerprint density at radius 1 is 1.60 bits per heavy atom. The van der Waals surface area contributed by atoms with Gasteiger partial charge in [0, 0.05) is 25.1 Å². The highest BCUT2D eigenvalue weighted by molar-refractivity contribution is 9.09. The van der Waals surface area contributed by atoms with Gasteiger partial charge in [-0.3, -0.25) is 0 Å². The van der Waals surface area contributed by atoms with E-state index in [-0.39, 0.29) is 0 Å². The first-order chi connectivity index (χ1) is 7.22. The molecule has 0 bridgehead atoms. The van der Waals surface area contributed by atoms with E-state index in [2.05, 4.69) is 45.4 Å². The van der Waals surface area contributed by atoms with Crippen molar-refractivity contribution in [2.24, 2.45) is 0 Å². The summed E-state index contributed by atoms with van der Waals surface area (Å²) >= 11 is 5.42. The number of nitrogens with zero attached hydrogens (tertiary/aromatic N) is 1. The molecule has 0 aliphatic carbocycles. The fourth-order valence-corrected chi connectivity index (χ4v) is 2.88. The lowest BCUT2D eigenvalue weighted by Crippen LogP contribution is -2.29. The summed E-state index contributed by atoms with van der Waals surface area (Å²) in [6.07, 6.45) is 1.14. The standard InChI is InChI=1S/C11H18BrNOS/c1-13(8-10(12)9-14-2)6-5-11-4-3-7-15-11/h3-4,7,10H,5-6,8-9H2,1-2H3. The van der Waals surface area contributed by atoms with Gasteiger partial charge in [-0.2, -0.15) is 0 Å². The SMILES string of the molecule is COCC(Br)CN(C)CCc1cccs1. The van der Waals surface area contributed by atoms with Gasteiger partial charge in [0.1, 0.15) is 0 Å². The van der Waals surface area contributed by atoms with Crippen LogP contribution in [0, 0.1) is 0 Å². The van der Waals surface area contributed by atoms with E-state index in [1.165, 1.54) is 4.88 Å². The lowest BCUT2D eigenvalue weighted by molar-refractivity contribution is 0.186. The Balaban J connectivity index is 2.15. The van der Waals surface area contributed by atoms with Crippen molar-refractivity contribution >= 4 is 27.3 Å². The summed E-state index contributed by atoms with van der Waals surface area (Å²) in [5.74, 6) is 0. The van der Waals surface area contributed by atoms with Gasteiger partial charge in [0.15, 0.2) is 0 Å². The van der Waals surface area contributed by atoms with Gasteiger partial charge >= 0.3 is 0 Å². The molecule has 1 rings (SSSR count). The van der Waals surface area contributed by atoms with E-state index >= 15 is 0 Å². The van der Waals surface area contributed by atoms with Crippen LogP contribution in [0.4, 0.5) is 0 Å². The minimum absolute atomic E-state index is 0.427. The normalized spacial score (nSPS) is 13.3. The van der Waals surface area contributed by atoms with E-state index in [0.29, 0.717) is 4.83 Å². The van der Waals surface area contributed by atoms with Crippen molar-refractivity contribution in [3.05, 3.63) is 22.4 Å². The zero-order valence-electron chi connectivity index (χ0n) is 9.28. The summed E-state index contributed by atoms with van der Waals surface area (Å²) < 4.78 is 5.08. The molecule has 1 atom stereocenters. The molecule has 1 aromatic rings. The monoisotopic (exact) mass is 291 g/mol. The molecule has 0 aromatic carbocycles. The molecule has 4 heteroatoms. The highest BCUT2D eigenvalue weighted by atomic mass is 79.9. The second-order valence-corrected chi connectivity index (χ2v) is 5.97. The zero-order valence-corrected chi connectivity index (χ0v) is 11.7. The predicted octanol–water partition coefficient (Wildman–Crippen LogP) is 2.63. The third-order valence-electron chi connectivity index (χ3n) is 2.18. The maximum absolute atomic E-state index is 5.08. The lowest BCUT2D eigenvalue weighted by atomic mass is 10.3. The molecule has 0 aliphatic heterocycles. The van der Waals surface area contributed by atoms with Crippen molar-refractivity contribution in [2.45, 2.75) is 11.2 Å². The van der Waals surface area contributed by atoms with Crippen LogP contribution in [0.5, 0.6) is 0 Å². The Labute approximate surface area is 104 Å². The fourth-order valence-electron chi connectivity index (χ4n) is 1.42. The molecule has 0 saturated heterocycles. The zero-order chi connectivity index (χ0) is 11.1. The maximum Gasteiger partial charge on any atom is 0.0600 e. The van der Waals surface area contributed by atoms with Crippen molar-refractivity contribution in [3.8, 4) is 0 Å². The topological polar surface area (TPSA) is 12.5 Å². The summed E-state index contributed by atoms with van der Waals surface area (Å²) in [4.78, 5) is 4.22. The second kappa shape index (κ2) is 7.39. The van der Waals surface area contributed by atoms with Crippen LogP contribution in [0.15, 0.2) is 17.5 Å². The Bertz CT molecular complexity index is 253. The number of thiophene rings is 1. The Morgan fingerprint density at radius 2 is 2.40 bits per heavy atom. The number of alkyl halides is 1. The maximum atomic E-state index is 5.08. The van der Waals surface area contributed by atoms with E-state index in [0.717, 1.165) is 26.1 Å². The van der Waals surface area contributed by atoms with Crippen LogP contribution >= 0.6 is 27.3 Å². The van der Waals surface area contributed by atoms with Crippen molar-refractivity contribution in [1.82, 2.24) is 4.90 Å². The second-order valence-electron chi connectivity index (χ2n) is 3.64. The summed E-state index contributed by atoms with van der Waals surface area (Å²) in [5.41, 5.74) is 0. The predicted molar refractivity (Wildman–Crippen MR) is 70.1 cm³/mol. The van der Waals surface area contributed by atoms with Gasteiger partial charge in [-0.25, -0.2) is 0 Å². The summed E-state index contributed by atoms with van der Waals surface area (Å²) in [5, 5.41) is 2.13. The van der Waals surface area contributed by atoms with Crippen molar-refractivity contribution in [1.29, 1.82) is 0 Å². The number of halogens is 1. The minimum atomic E-state index is 0.427. The molecule has 1 unspecified atom stereocenters. The first-order valence-corrected chi connectivity index (χ1v) is 6.86. The highest BCUT2D eigenvalue weighted by Crippen LogP contribution is 2.10. The van der Waals surface area contributed by atoms with E-state index in [1.807, 2.05) is 11.3 Å². The quantitative estimate of drug-likeness (QED) is 0.716. The lowest BCUT2D eigenvalue weighted by Gasteiger charge is -2.19. The van der Waals surface area contributed by atoms with E-state index in [1.54, 1.807) is 7.11 Å². The number of ether oxygens (including phenoxy) is 1. The van der Waals surface area contributed by atoms with Crippen LogP contribution < -0.4 is 0 Å². The number of hydrogen-bond acceptors (Lipinski definition) is 3. The first kappa shape index (κ1) is 13.2. The molecule has 2 nitrogen and oxygen atoms in total. The Morgan fingerprint density at radius 3 is 3.00 bits per heavy atom. The number of rotatable bonds is 7. The smallest absolute Gasteiger partial charge is 0.0600 e. The van der Waals surface area contributed by atoms with Gasteiger partial charge in [-0.15, -0.1) is 11.3 Å². The average molecular weight is 292 g/mol. The van der Waals surface area contributed by atoms with Crippen LogP contribution in [-0.2, 0) is 11.2 Å². The molecular formula is C11H18BrNOS. The van der Waals surface area contributed by atoms with Crippen LogP contribution in [0.3, 0.4) is 0 Å². The van der Waals surface area contributed by atoms with Gasteiger partial charge in [0.25, 0.3) is 0 Å². The van der Waals surface area contributed by atoms with Gasteiger partial charge in [0.2, 0.25) is 0 Å². The molecule has 15 heavy (non-hydrogen) atoms. The van der Waals surface area contributed by atoms with E-state index < -0.39 is 0 Å². The fraction of sp³-hybridized carbons (Fsp3) is 0.636. The highest BCUT2D eigenvalue weighted by Gasteiger charge is 2.07. The summed E-state index contributed by atoms with van der Waals surface area (Å²) in [6, 6.07) is 4.30. The molecule has 0 aliphatic rings.